The lowest BCUT2D eigenvalue weighted by molar-refractivity contribution is -0.148. The highest BCUT2D eigenvalue weighted by Crippen LogP contribution is 2.31. The summed E-state index contributed by atoms with van der Waals surface area (Å²) in [6, 6.07) is 1.05. The average molecular weight is 212 g/mol. The molecule has 1 N–H and O–H groups in total. The van der Waals surface area contributed by atoms with Crippen LogP contribution in [0.1, 0.15) is 19.3 Å². The summed E-state index contributed by atoms with van der Waals surface area (Å²) in [4.78, 5) is 14.0. The highest BCUT2D eigenvalue weighted by Gasteiger charge is 2.39. The number of hydrogen-bond acceptors (Lipinski definition) is 4. The largest absolute Gasteiger partial charge is 0.469 e. The van der Waals surface area contributed by atoms with Crippen LogP contribution in [0.3, 0.4) is 0 Å². The fraction of sp³-hybridized carbons (Fsp3) is 0.909. The third-order valence-corrected chi connectivity index (χ3v) is 3.58. The van der Waals surface area contributed by atoms with Gasteiger partial charge in [0.1, 0.15) is 0 Å². The lowest BCUT2D eigenvalue weighted by atomic mass is 9.91. The Balaban J connectivity index is 1.94. The number of rotatable bonds is 3. The quantitative estimate of drug-likeness (QED) is 0.680. The number of likely N-dealkylation sites (tertiary alicyclic amines) is 1. The van der Waals surface area contributed by atoms with E-state index in [9.17, 15) is 4.79 Å². The molecule has 1 saturated heterocycles. The topological polar surface area (TPSA) is 41.6 Å². The van der Waals surface area contributed by atoms with E-state index in [4.69, 9.17) is 4.74 Å². The van der Waals surface area contributed by atoms with E-state index in [0.29, 0.717) is 0 Å². The predicted molar refractivity (Wildman–Crippen MR) is 57.6 cm³/mol. The molecule has 2 rings (SSSR count). The highest BCUT2D eigenvalue weighted by molar-refractivity contribution is 5.73. The molecule has 1 heterocycles. The van der Waals surface area contributed by atoms with Gasteiger partial charge in [0.05, 0.1) is 13.0 Å². The molecule has 86 valence electrons. The molecule has 4 nitrogen and oxygen atoms in total. The zero-order chi connectivity index (χ0) is 10.8. The Morgan fingerprint density at radius 2 is 2.13 bits per heavy atom. The Morgan fingerprint density at radius 3 is 2.67 bits per heavy atom. The van der Waals surface area contributed by atoms with Crippen LogP contribution in [0.15, 0.2) is 0 Å². The Morgan fingerprint density at radius 1 is 1.40 bits per heavy atom. The third-order valence-electron chi connectivity index (χ3n) is 3.58. The molecule has 0 bridgehead atoms. The van der Waals surface area contributed by atoms with E-state index in [2.05, 4.69) is 10.2 Å². The summed E-state index contributed by atoms with van der Waals surface area (Å²) >= 11 is 0. The van der Waals surface area contributed by atoms with Crippen LogP contribution >= 0.6 is 0 Å². The molecule has 2 fully saturated rings. The van der Waals surface area contributed by atoms with E-state index in [1.165, 1.54) is 20.0 Å². The van der Waals surface area contributed by atoms with Crippen LogP contribution in [-0.2, 0) is 9.53 Å². The van der Waals surface area contributed by atoms with Crippen LogP contribution in [-0.4, -0.2) is 50.2 Å². The molecule has 2 unspecified atom stereocenters. The van der Waals surface area contributed by atoms with Crippen molar-refractivity contribution in [2.75, 3.05) is 27.2 Å². The minimum Gasteiger partial charge on any atom is -0.469 e. The number of esters is 1. The molecule has 0 aromatic carbocycles. The Hall–Kier alpha value is -0.610. The first-order chi connectivity index (χ1) is 7.26. The van der Waals surface area contributed by atoms with Gasteiger partial charge >= 0.3 is 5.97 Å². The molecule has 1 aliphatic heterocycles. The highest BCUT2D eigenvalue weighted by atomic mass is 16.5. The molecule has 2 atom stereocenters. The van der Waals surface area contributed by atoms with Crippen LogP contribution in [0.5, 0.6) is 0 Å². The number of methoxy groups -OCH3 is 1. The Kier molecular flexibility index (Phi) is 3.26. The van der Waals surface area contributed by atoms with Crippen molar-refractivity contribution >= 4 is 5.97 Å². The second kappa shape index (κ2) is 4.49. The third kappa shape index (κ3) is 2.32. The second-order valence-corrected chi connectivity index (χ2v) is 4.54. The maximum absolute atomic E-state index is 11.5. The molecule has 0 amide bonds. The first kappa shape index (κ1) is 10.9. The fourth-order valence-corrected chi connectivity index (χ4v) is 2.47. The maximum Gasteiger partial charge on any atom is 0.310 e. The molecule has 1 saturated carbocycles. The summed E-state index contributed by atoms with van der Waals surface area (Å²) < 4.78 is 4.84. The Labute approximate surface area is 91.0 Å². The van der Waals surface area contributed by atoms with Crippen LogP contribution in [0, 0.1) is 5.92 Å². The zero-order valence-electron chi connectivity index (χ0n) is 9.53. The van der Waals surface area contributed by atoms with Gasteiger partial charge in [-0.05, 0) is 32.9 Å². The maximum atomic E-state index is 11.5. The molecule has 0 spiro atoms. The van der Waals surface area contributed by atoms with Gasteiger partial charge in [-0.25, -0.2) is 0 Å². The van der Waals surface area contributed by atoms with Crippen LogP contribution < -0.4 is 5.32 Å². The standard InChI is InChI=1S/C11H20N2O2/c1-12-10-7-13(8-3-4-8)6-5-9(10)11(14)15-2/h8-10,12H,3-7H2,1-2H3. The molecule has 1 aliphatic carbocycles. The Bertz CT molecular complexity index is 241. The van der Waals surface area contributed by atoms with Crippen molar-refractivity contribution in [3.05, 3.63) is 0 Å². The number of nitrogens with one attached hydrogen (secondary N) is 1. The monoisotopic (exact) mass is 212 g/mol. The van der Waals surface area contributed by atoms with E-state index in [0.717, 1.165) is 25.6 Å². The van der Waals surface area contributed by atoms with Gasteiger partial charge in [-0.2, -0.15) is 0 Å². The first-order valence-corrected chi connectivity index (χ1v) is 5.75. The number of likely N-dealkylation sites (N-methyl/N-ethyl adjacent to an activating group) is 1. The van der Waals surface area contributed by atoms with Crippen molar-refractivity contribution in [3.63, 3.8) is 0 Å². The number of nitrogens with zero attached hydrogens (tertiary/aromatic N) is 1. The number of ether oxygens (including phenoxy) is 1. The second-order valence-electron chi connectivity index (χ2n) is 4.54. The van der Waals surface area contributed by atoms with Crippen molar-refractivity contribution in [2.45, 2.75) is 31.3 Å². The van der Waals surface area contributed by atoms with Gasteiger partial charge < -0.3 is 10.1 Å². The van der Waals surface area contributed by atoms with Gasteiger partial charge in [-0.1, -0.05) is 0 Å². The SMILES string of the molecule is CNC1CN(C2CC2)CCC1C(=O)OC. The normalized spacial score (nSPS) is 32.7. The smallest absolute Gasteiger partial charge is 0.310 e. The van der Waals surface area contributed by atoms with E-state index >= 15 is 0 Å². The summed E-state index contributed by atoms with van der Waals surface area (Å²) in [6.07, 6.45) is 3.59. The minimum absolute atomic E-state index is 0.0370. The molecular formula is C11H20N2O2. The van der Waals surface area contributed by atoms with Crippen LogP contribution in [0.25, 0.3) is 0 Å². The molecule has 2 aliphatic rings. The molecule has 0 aromatic rings. The van der Waals surface area contributed by atoms with Gasteiger partial charge in [-0.15, -0.1) is 0 Å². The summed E-state index contributed by atoms with van der Waals surface area (Å²) in [6.45, 7) is 2.03. The van der Waals surface area contributed by atoms with Crippen molar-refractivity contribution in [1.82, 2.24) is 10.2 Å². The lowest BCUT2D eigenvalue weighted by Gasteiger charge is -2.37. The molecule has 0 aromatic heterocycles. The van der Waals surface area contributed by atoms with E-state index in [1.807, 2.05) is 7.05 Å². The van der Waals surface area contributed by atoms with Crippen molar-refractivity contribution in [1.29, 1.82) is 0 Å². The van der Waals surface area contributed by atoms with E-state index < -0.39 is 0 Å². The van der Waals surface area contributed by atoms with E-state index in [1.54, 1.807) is 0 Å². The molecule has 4 heteroatoms. The van der Waals surface area contributed by atoms with Gasteiger partial charge in [0, 0.05) is 18.6 Å². The summed E-state index contributed by atoms with van der Waals surface area (Å²) in [5, 5.41) is 3.24. The van der Waals surface area contributed by atoms with Gasteiger partial charge in [0.25, 0.3) is 0 Å². The van der Waals surface area contributed by atoms with Gasteiger partial charge in [-0.3, -0.25) is 9.69 Å². The van der Waals surface area contributed by atoms with Gasteiger partial charge in [0.15, 0.2) is 0 Å². The number of carbonyl (C=O) groups excluding carboxylic acids is 1. The first-order valence-electron chi connectivity index (χ1n) is 5.75. The summed E-state index contributed by atoms with van der Waals surface area (Å²) in [5.41, 5.74) is 0. The van der Waals surface area contributed by atoms with E-state index in [-0.39, 0.29) is 17.9 Å². The number of carbonyl (C=O) groups is 1. The summed E-state index contributed by atoms with van der Waals surface area (Å²) in [5.74, 6) is -0.0280. The summed E-state index contributed by atoms with van der Waals surface area (Å²) in [7, 11) is 3.40. The van der Waals surface area contributed by atoms with Crippen molar-refractivity contribution in [3.8, 4) is 0 Å². The van der Waals surface area contributed by atoms with Gasteiger partial charge in [0.2, 0.25) is 0 Å². The van der Waals surface area contributed by atoms with Crippen molar-refractivity contribution in [2.24, 2.45) is 5.92 Å². The number of hydrogen-bond donors (Lipinski definition) is 1. The number of piperidine rings is 1. The average Bonchev–Trinajstić information content (AvgIpc) is 3.11. The van der Waals surface area contributed by atoms with Crippen LogP contribution in [0.2, 0.25) is 0 Å². The minimum atomic E-state index is -0.0650. The molecular weight excluding hydrogens is 192 g/mol. The predicted octanol–water partition coefficient (Wildman–Crippen LogP) is 0.232. The van der Waals surface area contributed by atoms with Crippen LogP contribution in [0.4, 0.5) is 0 Å². The zero-order valence-corrected chi connectivity index (χ0v) is 9.53. The van der Waals surface area contributed by atoms with Crippen molar-refractivity contribution < 1.29 is 9.53 Å². The fourth-order valence-electron chi connectivity index (χ4n) is 2.47. The molecule has 0 radical (unpaired) electrons. The lowest BCUT2D eigenvalue weighted by Crippen LogP contribution is -2.53. The molecule has 15 heavy (non-hydrogen) atoms.